The van der Waals surface area contributed by atoms with Gasteiger partial charge in [0.15, 0.2) is 0 Å². The molecule has 2 aromatic rings. The van der Waals surface area contributed by atoms with Crippen LogP contribution in [0.15, 0.2) is 78.1 Å². The molecule has 1 N–H and O–H groups in total. The number of hydrogen-bond acceptors (Lipinski definition) is 3. The number of likely N-dealkylation sites (tertiary alicyclic amines) is 1. The summed E-state index contributed by atoms with van der Waals surface area (Å²) in [4.78, 5) is 2.49. The van der Waals surface area contributed by atoms with E-state index >= 15 is 0 Å². The zero-order chi connectivity index (χ0) is 21.0. The van der Waals surface area contributed by atoms with E-state index < -0.39 is 0 Å². The van der Waals surface area contributed by atoms with E-state index in [0.29, 0.717) is 23.5 Å². The first-order valence-corrected chi connectivity index (χ1v) is 11.9. The Morgan fingerprint density at radius 3 is 2.42 bits per heavy atom. The van der Waals surface area contributed by atoms with Crippen LogP contribution in [0.25, 0.3) is 0 Å². The van der Waals surface area contributed by atoms with E-state index in [0.717, 1.165) is 38.2 Å². The molecule has 5 rings (SSSR count). The summed E-state index contributed by atoms with van der Waals surface area (Å²) in [6, 6.07) is 19.7. The molecule has 2 aromatic carbocycles. The summed E-state index contributed by atoms with van der Waals surface area (Å²) in [5.41, 5.74) is 4.24. The molecule has 2 aliphatic carbocycles. The van der Waals surface area contributed by atoms with Gasteiger partial charge in [0, 0.05) is 18.9 Å². The second kappa shape index (κ2) is 9.32. The van der Waals surface area contributed by atoms with Gasteiger partial charge in [-0.05, 0) is 79.9 Å². The summed E-state index contributed by atoms with van der Waals surface area (Å²) < 4.78 is 6.04. The Bertz CT molecular complexity index is 925. The van der Waals surface area contributed by atoms with Gasteiger partial charge in [0.2, 0.25) is 0 Å². The van der Waals surface area contributed by atoms with Gasteiger partial charge in [-0.15, -0.1) is 0 Å². The van der Waals surface area contributed by atoms with E-state index in [4.69, 9.17) is 4.74 Å². The number of allylic oxidation sites excluding steroid dienone is 4. The number of ether oxygens (including phenoxy) is 1. The Labute approximate surface area is 186 Å². The molecule has 1 saturated heterocycles. The minimum atomic E-state index is 0.351. The van der Waals surface area contributed by atoms with Crippen molar-refractivity contribution in [2.45, 2.75) is 43.9 Å². The van der Waals surface area contributed by atoms with Crippen molar-refractivity contribution in [1.82, 2.24) is 4.90 Å². The van der Waals surface area contributed by atoms with Crippen LogP contribution >= 0.6 is 0 Å². The molecule has 0 spiro atoms. The highest BCUT2D eigenvalue weighted by molar-refractivity contribution is 5.43. The molecular formula is C28H33NO2. The third-order valence-corrected chi connectivity index (χ3v) is 7.32. The Balaban J connectivity index is 1.36. The predicted molar refractivity (Wildman–Crippen MR) is 126 cm³/mol. The second-order valence-electron chi connectivity index (χ2n) is 9.26. The van der Waals surface area contributed by atoms with E-state index in [1.807, 2.05) is 6.08 Å². The molecule has 1 unspecified atom stereocenters. The Hall–Kier alpha value is -2.52. The molecule has 1 saturated carbocycles. The van der Waals surface area contributed by atoms with Crippen LogP contribution in [0.5, 0.6) is 5.75 Å². The number of fused-ring (bicyclic) bond motifs is 1. The van der Waals surface area contributed by atoms with Crippen molar-refractivity contribution in [3.05, 3.63) is 89.2 Å². The van der Waals surface area contributed by atoms with E-state index in [2.05, 4.69) is 65.6 Å². The fourth-order valence-electron chi connectivity index (χ4n) is 5.73. The van der Waals surface area contributed by atoms with E-state index in [1.54, 1.807) is 0 Å². The van der Waals surface area contributed by atoms with Crippen molar-refractivity contribution in [3.8, 4) is 5.75 Å². The maximum absolute atomic E-state index is 10.1. The van der Waals surface area contributed by atoms with Crippen LogP contribution in [0.2, 0.25) is 0 Å². The summed E-state index contributed by atoms with van der Waals surface area (Å²) in [5.74, 6) is 2.75. The molecule has 3 atom stereocenters. The van der Waals surface area contributed by atoms with Crippen LogP contribution < -0.4 is 4.74 Å². The summed E-state index contributed by atoms with van der Waals surface area (Å²) >= 11 is 0. The van der Waals surface area contributed by atoms with Crippen LogP contribution in [0.4, 0.5) is 0 Å². The standard InChI is InChI=1S/C28H33NO2/c30-24-11-15-27-23(20-24)10-14-26(21-6-2-1-3-7-21)28(27)22-8-12-25(13-9-22)31-19-18-29-16-4-5-17-29/h1-3,6-9,11-13,15,23,26,28,30H,4-5,10,14,16-20H2/t23?,26-,28+/m0/s1. The van der Waals surface area contributed by atoms with Crippen molar-refractivity contribution in [3.63, 3.8) is 0 Å². The molecule has 3 heteroatoms. The maximum Gasteiger partial charge on any atom is 0.119 e. The van der Waals surface area contributed by atoms with Crippen LogP contribution in [-0.4, -0.2) is 36.2 Å². The fourth-order valence-corrected chi connectivity index (χ4v) is 5.73. The third kappa shape index (κ3) is 4.57. The van der Waals surface area contributed by atoms with Gasteiger partial charge in [-0.25, -0.2) is 0 Å². The summed E-state index contributed by atoms with van der Waals surface area (Å²) in [5, 5.41) is 10.1. The highest BCUT2D eigenvalue weighted by Gasteiger charge is 2.37. The van der Waals surface area contributed by atoms with Gasteiger partial charge < -0.3 is 9.84 Å². The molecule has 31 heavy (non-hydrogen) atoms. The molecule has 0 amide bonds. The molecule has 0 bridgehead atoms. The molecule has 0 radical (unpaired) electrons. The average Bonchev–Trinajstić information content (AvgIpc) is 3.33. The van der Waals surface area contributed by atoms with Gasteiger partial charge in [0.25, 0.3) is 0 Å². The third-order valence-electron chi connectivity index (χ3n) is 7.32. The molecule has 162 valence electrons. The number of aliphatic hydroxyl groups excluding tert-OH is 1. The summed E-state index contributed by atoms with van der Waals surface area (Å²) in [7, 11) is 0. The largest absolute Gasteiger partial charge is 0.512 e. The Kier molecular flexibility index (Phi) is 6.13. The normalized spacial score (nSPS) is 26.1. The van der Waals surface area contributed by atoms with Crippen molar-refractivity contribution >= 4 is 0 Å². The highest BCUT2D eigenvalue weighted by Crippen LogP contribution is 2.52. The first kappa shape index (κ1) is 20.4. The lowest BCUT2D eigenvalue weighted by Gasteiger charge is -2.40. The fraction of sp³-hybridized carbons (Fsp3) is 0.429. The molecule has 1 heterocycles. The maximum atomic E-state index is 10.1. The topological polar surface area (TPSA) is 32.7 Å². The lowest BCUT2D eigenvalue weighted by Crippen LogP contribution is -2.27. The number of aliphatic hydroxyl groups is 1. The van der Waals surface area contributed by atoms with Gasteiger partial charge >= 0.3 is 0 Å². The lowest BCUT2D eigenvalue weighted by atomic mass is 9.64. The van der Waals surface area contributed by atoms with Crippen LogP contribution in [0.3, 0.4) is 0 Å². The van der Waals surface area contributed by atoms with Gasteiger partial charge in [-0.1, -0.05) is 54.1 Å². The van der Waals surface area contributed by atoms with E-state index in [1.165, 1.54) is 42.6 Å². The van der Waals surface area contributed by atoms with Crippen LogP contribution in [-0.2, 0) is 0 Å². The van der Waals surface area contributed by atoms with Gasteiger partial charge in [0.1, 0.15) is 12.4 Å². The minimum absolute atomic E-state index is 0.351. The SMILES string of the molecule is OC1=CC=C2C(CC[C@@H](c3ccccc3)[C@H]2c2ccc(OCCN3CCCC3)cc2)C1. The molecule has 3 nitrogen and oxygen atoms in total. The summed E-state index contributed by atoms with van der Waals surface area (Å²) in [6.07, 6.45) is 9.80. The zero-order valence-electron chi connectivity index (χ0n) is 18.2. The van der Waals surface area contributed by atoms with Crippen molar-refractivity contribution < 1.29 is 9.84 Å². The molecule has 2 fully saturated rings. The predicted octanol–water partition coefficient (Wildman–Crippen LogP) is 6.21. The van der Waals surface area contributed by atoms with Crippen LogP contribution in [0, 0.1) is 5.92 Å². The van der Waals surface area contributed by atoms with Crippen LogP contribution in [0.1, 0.15) is 55.1 Å². The number of nitrogens with zero attached hydrogens (tertiary/aromatic N) is 1. The van der Waals surface area contributed by atoms with E-state index in [9.17, 15) is 5.11 Å². The number of hydrogen-bond donors (Lipinski definition) is 1. The summed E-state index contributed by atoms with van der Waals surface area (Å²) in [6.45, 7) is 4.20. The molecular weight excluding hydrogens is 382 g/mol. The quantitative estimate of drug-likeness (QED) is 0.609. The second-order valence-corrected chi connectivity index (χ2v) is 9.26. The molecule has 0 aromatic heterocycles. The zero-order valence-corrected chi connectivity index (χ0v) is 18.2. The van der Waals surface area contributed by atoms with Gasteiger partial charge in [0.05, 0.1) is 5.76 Å². The molecule has 3 aliphatic rings. The first-order valence-electron chi connectivity index (χ1n) is 11.9. The average molecular weight is 416 g/mol. The first-order chi connectivity index (χ1) is 15.3. The Morgan fingerprint density at radius 2 is 1.65 bits per heavy atom. The minimum Gasteiger partial charge on any atom is -0.512 e. The monoisotopic (exact) mass is 415 g/mol. The highest BCUT2D eigenvalue weighted by atomic mass is 16.5. The van der Waals surface area contributed by atoms with Crippen molar-refractivity contribution in [2.75, 3.05) is 26.2 Å². The van der Waals surface area contributed by atoms with Crippen molar-refractivity contribution in [1.29, 1.82) is 0 Å². The smallest absolute Gasteiger partial charge is 0.119 e. The number of benzene rings is 2. The Morgan fingerprint density at radius 1 is 0.871 bits per heavy atom. The molecule has 1 aliphatic heterocycles. The lowest BCUT2D eigenvalue weighted by molar-refractivity contribution is 0.237. The van der Waals surface area contributed by atoms with Crippen molar-refractivity contribution in [2.24, 2.45) is 5.92 Å². The van der Waals surface area contributed by atoms with E-state index in [-0.39, 0.29) is 0 Å². The van der Waals surface area contributed by atoms with Gasteiger partial charge in [-0.2, -0.15) is 0 Å². The number of rotatable bonds is 6. The van der Waals surface area contributed by atoms with Gasteiger partial charge in [-0.3, -0.25) is 4.90 Å².